The predicted octanol–water partition coefficient (Wildman–Crippen LogP) is 6.70. The number of carbonyl (C=O) groups excluding carboxylic acids is 1. The van der Waals surface area contributed by atoms with Crippen molar-refractivity contribution in [1.29, 1.82) is 0 Å². The van der Waals surface area contributed by atoms with Crippen LogP contribution >= 0.6 is 11.6 Å². The number of halogens is 4. The van der Waals surface area contributed by atoms with Gasteiger partial charge in [0.25, 0.3) is 0 Å². The fraction of sp³-hybridized carbons (Fsp3) is 0.200. The van der Waals surface area contributed by atoms with Crippen LogP contribution in [-0.4, -0.2) is 24.2 Å². The molecule has 4 rings (SSSR count). The monoisotopic (exact) mass is 472 g/mol. The van der Waals surface area contributed by atoms with Crippen LogP contribution in [0.15, 0.2) is 66.9 Å². The molecule has 33 heavy (non-hydrogen) atoms. The number of carbonyl (C=O) groups is 1. The van der Waals surface area contributed by atoms with E-state index in [1.807, 2.05) is 36.4 Å². The number of aromatic nitrogens is 1. The Balaban J connectivity index is 1.27. The van der Waals surface area contributed by atoms with Crippen LogP contribution in [0.3, 0.4) is 0 Å². The van der Waals surface area contributed by atoms with E-state index < -0.39 is 23.0 Å². The molecule has 0 spiro atoms. The van der Waals surface area contributed by atoms with Crippen molar-refractivity contribution >= 4 is 23.8 Å². The molecule has 0 bridgehead atoms. The first kappa shape index (κ1) is 22.9. The SMILES string of the molecule is O=C(NCCC=Cc1cnc(Cl)c(C(F)(F)F)c1)OCC1c2ccccc2-c2ccccc21. The van der Waals surface area contributed by atoms with E-state index in [2.05, 4.69) is 22.4 Å². The van der Waals surface area contributed by atoms with Crippen LogP contribution in [0, 0.1) is 0 Å². The summed E-state index contributed by atoms with van der Waals surface area (Å²) >= 11 is 5.52. The lowest BCUT2D eigenvalue weighted by molar-refractivity contribution is -0.137. The van der Waals surface area contributed by atoms with Gasteiger partial charge in [-0.2, -0.15) is 13.2 Å². The van der Waals surface area contributed by atoms with E-state index in [1.165, 1.54) is 12.3 Å². The minimum absolute atomic E-state index is 0.0247. The van der Waals surface area contributed by atoms with Crippen LogP contribution in [0.25, 0.3) is 17.2 Å². The normalized spacial score (nSPS) is 13.1. The van der Waals surface area contributed by atoms with Crippen LogP contribution < -0.4 is 5.32 Å². The maximum atomic E-state index is 12.9. The molecule has 0 saturated heterocycles. The fourth-order valence-corrected chi connectivity index (χ4v) is 4.09. The molecule has 0 unspecified atom stereocenters. The summed E-state index contributed by atoms with van der Waals surface area (Å²) in [6, 6.07) is 17.1. The van der Waals surface area contributed by atoms with Crippen molar-refractivity contribution in [3.63, 3.8) is 0 Å². The van der Waals surface area contributed by atoms with E-state index in [9.17, 15) is 18.0 Å². The van der Waals surface area contributed by atoms with Gasteiger partial charge in [-0.3, -0.25) is 0 Å². The Bertz CT molecular complexity index is 1150. The third kappa shape index (κ3) is 5.20. The number of hydrogen-bond acceptors (Lipinski definition) is 3. The van der Waals surface area contributed by atoms with Crippen molar-refractivity contribution < 1.29 is 22.7 Å². The van der Waals surface area contributed by atoms with Gasteiger partial charge in [0, 0.05) is 18.7 Å². The van der Waals surface area contributed by atoms with Gasteiger partial charge < -0.3 is 10.1 Å². The number of nitrogens with one attached hydrogen (secondary N) is 1. The largest absolute Gasteiger partial charge is 0.449 e. The highest BCUT2D eigenvalue weighted by Gasteiger charge is 2.34. The molecule has 1 aliphatic carbocycles. The highest BCUT2D eigenvalue weighted by Crippen LogP contribution is 2.44. The number of ether oxygens (including phenoxy) is 1. The number of alkyl carbamates (subject to hydrolysis) is 1. The third-order valence-electron chi connectivity index (χ3n) is 5.40. The number of alkyl halides is 3. The summed E-state index contributed by atoms with van der Waals surface area (Å²) in [5.41, 5.74) is 3.85. The number of pyridine rings is 1. The lowest BCUT2D eigenvalue weighted by atomic mass is 9.98. The lowest BCUT2D eigenvalue weighted by Crippen LogP contribution is -2.26. The fourth-order valence-electron chi connectivity index (χ4n) is 3.88. The molecular formula is C25H20ClF3N2O2. The number of hydrogen-bond donors (Lipinski definition) is 1. The minimum atomic E-state index is -4.57. The molecule has 1 aliphatic rings. The summed E-state index contributed by atoms with van der Waals surface area (Å²) < 4.78 is 44.1. The van der Waals surface area contributed by atoms with Crippen molar-refractivity contribution in [3.05, 3.63) is 94.3 Å². The van der Waals surface area contributed by atoms with Crippen LogP contribution in [0.4, 0.5) is 18.0 Å². The van der Waals surface area contributed by atoms with Crippen molar-refractivity contribution in [2.45, 2.75) is 18.5 Å². The van der Waals surface area contributed by atoms with Gasteiger partial charge in [0.15, 0.2) is 0 Å². The molecule has 1 amide bonds. The first-order valence-electron chi connectivity index (χ1n) is 10.3. The number of rotatable bonds is 6. The molecule has 0 aliphatic heterocycles. The molecule has 8 heteroatoms. The molecule has 0 radical (unpaired) electrons. The van der Waals surface area contributed by atoms with E-state index >= 15 is 0 Å². The first-order chi connectivity index (χ1) is 15.8. The first-order valence-corrected chi connectivity index (χ1v) is 10.7. The maximum absolute atomic E-state index is 12.9. The number of amides is 1. The topological polar surface area (TPSA) is 51.2 Å². The van der Waals surface area contributed by atoms with Crippen LogP contribution in [-0.2, 0) is 10.9 Å². The van der Waals surface area contributed by atoms with Gasteiger partial charge in [-0.15, -0.1) is 0 Å². The van der Waals surface area contributed by atoms with Gasteiger partial charge in [-0.05, 0) is 40.3 Å². The van der Waals surface area contributed by atoms with Gasteiger partial charge in [0.1, 0.15) is 11.8 Å². The van der Waals surface area contributed by atoms with E-state index in [4.69, 9.17) is 16.3 Å². The molecule has 4 nitrogen and oxygen atoms in total. The zero-order valence-corrected chi connectivity index (χ0v) is 18.2. The van der Waals surface area contributed by atoms with E-state index in [0.717, 1.165) is 28.3 Å². The van der Waals surface area contributed by atoms with Crippen LogP contribution in [0.5, 0.6) is 0 Å². The van der Waals surface area contributed by atoms with Crippen LogP contribution in [0.1, 0.15) is 34.6 Å². The Kier molecular flexibility index (Phi) is 6.70. The van der Waals surface area contributed by atoms with E-state index in [1.54, 1.807) is 6.08 Å². The molecule has 0 atom stereocenters. The quantitative estimate of drug-likeness (QED) is 0.321. The van der Waals surface area contributed by atoms with Crippen molar-refractivity contribution in [3.8, 4) is 11.1 Å². The number of benzene rings is 2. The Labute approximate surface area is 194 Å². The van der Waals surface area contributed by atoms with Crippen LogP contribution in [0.2, 0.25) is 5.15 Å². The predicted molar refractivity (Wildman–Crippen MR) is 121 cm³/mol. The average Bonchev–Trinajstić information content (AvgIpc) is 3.11. The van der Waals surface area contributed by atoms with E-state index in [-0.39, 0.29) is 24.6 Å². The van der Waals surface area contributed by atoms with Crippen molar-refractivity contribution in [2.24, 2.45) is 0 Å². The number of nitrogens with zero attached hydrogens (tertiary/aromatic N) is 1. The summed E-state index contributed by atoms with van der Waals surface area (Å²) in [4.78, 5) is 15.7. The van der Waals surface area contributed by atoms with Gasteiger partial charge >= 0.3 is 12.3 Å². The van der Waals surface area contributed by atoms with Gasteiger partial charge in [-0.25, -0.2) is 9.78 Å². The highest BCUT2D eigenvalue weighted by atomic mass is 35.5. The molecule has 1 N–H and O–H groups in total. The molecule has 3 aromatic rings. The summed E-state index contributed by atoms with van der Waals surface area (Å²) in [5.74, 6) is -0.0247. The highest BCUT2D eigenvalue weighted by molar-refractivity contribution is 6.30. The standard InChI is InChI=1S/C25H20ClF3N2O2/c26-23-22(25(27,28)29)13-16(14-31-23)7-5-6-12-30-24(32)33-15-21-19-10-3-1-8-17(19)18-9-2-4-11-20(18)21/h1-5,7-11,13-14,21H,6,12,15H2,(H,30,32). The second-order valence-electron chi connectivity index (χ2n) is 7.55. The van der Waals surface area contributed by atoms with Gasteiger partial charge in [0.05, 0.1) is 5.56 Å². The van der Waals surface area contributed by atoms with E-state index in [0.29, 0.717) is 6.42 Å². The molecule has 170 valence electrons. The second kappa shape index (κ2) is 9.67. The second-order valence-corrected chi connectivity index (χ2v) is 7.91. The lowest BCUT2D eigenvalue weighted by Gasteiger charge is -2.14. The van der Waals surface area contributed by atoms with Gasteiger partial charge in [-0.1, -0.05) is 72.3 Å². The molecule has 0 fully saturated rings. The minimum Gasteiger partial charge on any atom is -0.449 e. The molecule has 2 aromatic carbocycles. The Morgan fingerprint density at radius 2 is 1.73 bits per heavy atom. The molecule has 1 aromatic heterocycles. The van der Waals surface area contributed by atoms with Crippen molar-refractivity contribution in [2.75, 3.05) is 13.2 Å². The summed E-state index contributed by atoms with van der Waals surface area (Å²) in [6.07, 6.45) is -0.300. The summed E-state index contributed by atoms with van der Waals surface area (Å²) in [5, 5.41) is 2.07. The number of fused-ring (bicyclic) bond motifs is 3. The third-order valence-corrected chi connectivity index (χ3v) is 5.70. The zero-order chi connectivity index (χ0) is 23.4. The van der Waals surface area contributed by atoms with Gasteiger partial charge in [0.2, 0.25) is 0 Å². The van der Waals surface area contributed by atoms with Crippen molar-refractivity contribution in [1.82, 2.24) is 10.3 Å². The average molecular weight is 473 g/mol. The Morgan fingerprint density at radius 3 is 2.36 bits per heavy atom. The Hall–Kier alpha value is -3.32. The zero-order valence-electron chi connectivity index (χ0n) is 17.4. The summed E-state index contributed by atoms with van der Waals surface area (Å²) in [7, 11) is 0. The summed E-state index contributed by atoms with van der Waals surface area (Å²) in [6.45, 7) is 0.493. The molecular weight excluding hydrogens is 453 g/mol. The molecule has 0 saturated carbocycles. The Morgan fingerprint density at radius 1 is 1.09 bits per heavy atom. The molecule has 1 heterocycles. The maximum Gasteiger partial charge on any atom is 0.419 e. The smallest absolute Gasteiger partial charge is 0.419 e.